The fourth-order valence-electron chi connectivity index (χ4n) is 2.74. The van der Waals surface area contributed by atoms with E-state index in [9.17, 15) is 4.79 Å². The molecule has 0 saturated heterocycles. The Morgan fingerprint density at radius 3 is 2.50 bits per heavy atom. The lowest BCUT2D eigenvalue weighted by molar-refractivity contribution is 0.0994. The zero-order chi connectivity index (χ0) is 18.5. The van der Waals surface area contributed by atoms with Crippen LogP contribution in [0.2, 0.25) is 0 Å². The van der Waals surface area contributed by atoms with Crippen LogP contribution in [-0.4, -0.2) is 32.9 Å². The Labute approximate surface area is 157 Å². The first-order chi connectivity index (χ1) is 12.7. The number of nitrogens with zero attached hydrogens (tertiary/aromatic N) is 3. The van der Waals surface area contributed by atoms with Crippen LogP contribution in [0.4, 0.5) is 0 Å². The minimum Gasteiger partial charge on any atom is -0.496 e. The minimum absolute atomic E-state index is 0.0834. The molecule has 0 bridgehead atoms. The summed E-state index contributed by atoms with van der Waals surface area (Å²) in [5.41, 5.74) is 1.60. The SMILES string of the molecule is CCn1c(S[C@@H](C)C(=O)c2ccccc2)nnc1-c1ccccc1OC. The maximum absolute atomic E-state index is 12.6. The number of benzene rings is 2. The van der Waals surface area contributed by atoms with E-state index in [2.05, 4.69) is 10.2 Å². The third kappa shape index (κ3) is 3.65. The zero-order valence-electron chi connectivity index (χ0n) is 15.0. The van der Waals surface area contributed by atoms with Crippen LogP contribution >= 0.6 is 11.8 Å². The van der Waals surface area contributed by atoms with Crippen LogP contribution < -0.4 is 4.74 Å². The Morgan fingerprint density at radius 1 is 1.12 bits per heavy atom. The van der Waals surface area contributed by atoms with Crippen LogP contribution in [0.3, 0.4) is 0 Å². The molecule has 0 spiro atoms. The molecule has 0 N–H and O–H groups in total. The number of hydrogen-bond donors (Lipinski definition) is 0. The number of methoxy groups -OCH3 is 1. The van der Waals surface area contributed by atoms with Crippen molar-refractivity contribution in [3.05, 3.63) is 60.2 Å². The monoisotopic (exact) mass is 367 g/mol. The van der Waals surface area contributed by atoms with E-state index in [1.165, 1.54) is 11.8 Å². The number of para-hydroxylation sites is 1. The first-order valence-corrected chi connectivity index (χ1v) is 9.36. The molecule has 0 saturated carbocycles. The maximum atomic E-state index is 12.6. The lowest BCUT2D eigenvalue weighted by Gasteiger charge is -2.12. The lowest BCUT2D eigenvalue weighted by Crippen LogP contribution is -2.14. The average Bonchev–Trinajstić information content (AvgIpc) is 3.10. The Hall–Kier alpha value is -2.60. The van der Waals surface area contributed by atoms with Crippen LogP contribution in [0.5, 0.6) is 5.75 Å². The third-order valence-corrected chi connectivity index (χ3v) is 5.17. The topological polar surface area (TPSA) is 57.0 Å². The van der Waals surface area contributed by atoms with Crippen LogP contribution in [0.1, 0.15) is 24.2 Å². The number of ketones is 1. The van der Waals surface area contributed by atoms with Gasteiger partial charge in [-0.3, -0.25) is 4.79 Å². The quantitative estimate of drug-likeness (QED) is 0.459. The van der Waals surface area contributed by atoms with Gasteiger partial charge in [0.15, 0.2) is 16.8 Å². The molecule has 1 heterocycles. The molecular formula is C20H21N3O2S. The number of rotatable bonds is 7. The molecule has 0 amide bonds. The summed E-state index contributed by atoms with van der Waals surface area (Å²) in [5, 5.41) is 9.15. The van der Waals surface area contributed by atoms with Gasteiger partial charge >= 0.3 is 0 Å². The Bertz CT molecular complexity index is 893. The van der Waals surface area contributed by atoms with Gasteiger partial charge in [-0.2, -0.15) is 0 Å². The van der Waals surface area contributed by atoms with Crippen molar-refractivity contribution in [2.45, 2.75) is 30.8 Å². The molecule has 2 aromatic carbocycles. The Balaban J connectivity index is 1.88. The second-order valence-electron chi connectivity index (χ2n) is 5.74. The number of carbonyl (C=O) groups excluding carboxylic acids is 1. The standard InChI is InChI=1S/C20H21N3O2S/c1-4-23-19(16-12-8-9-13-17(16)25-3)21-22-20(23)26-14(2)18(24)15-10-6-5-7-11-15/h5-14H,4H2,1-3H3/t14-/m0/s1. The number of carbonyl (C=O) groups is 1. The number of aromatic nitrogens is 3. The highest BCUT2D eigenvalue weighted by molar-refractivity contribution is 8.00. The van der Waals surface area contributed by atoms with Gasteiger partial charge in [-0.1, -0.05) is 54.2 Å². The first kappa shape index (κ1) is 18.2. The Morgan fingerprint density at radius 2 is 1.81 bits per heavy atom. The lowest BCUT2D eigenvalue weighted by atomic mass is 10.1. The first-order valence-electron chi connectivity index (χ1n) is 8.48. The molecule has 0 unspecified atom stereocenters. The molecule has 5 nitrogen and oxygen atoms in total. The van der Waals surface area contributed by atoms with Crippen molar-refractivity contribution in [1.29, 1.82) is 0 Å². The molecule has 1 atom stereocenters. The fourth-order valence-corrected chi connectivity index (χ4v) is 3.73. The number of ether oxygens (including phenoxy) is 1. The maximum Gasteiger partial charge on any atom is 0.192 e. The second-order valence-corrected chi connectivity index (χ2v) is 7.05. The Kier molecular flexibility index (Phi) is 5.73. The van der Waals surface area contributed by atoms with E-state index in [1.54, 1.807) is 7.11 Å². The molecule has 0 fully saturated rings. The summed E-state index contributed by atoms with van der Waals surface area (Å²) in [5.74, 6) is 1.58. The van der Waals surface area contributed by atoms with E-state index < -0.39 is 0 Å². The molecule has 1 aromatic heterocycles. The van der Waals surface area contributed by atoms with Gasteiger partial charge in [0, 0.05) is 12.1 Å². The molecule has 3 aromatic rings. The number of thioether (sulfide) groups is 1. The van der Waals surface area contributed by atoms with E-state index in [0.717, 1.165) is 22.3 Å². The van der Waals surface area contributed by atoms with Crippen molar-refractivity contribution in [3.63, 3.8) is 0 Å². The number of hydrogen-bond acceptors (Lipinski definition) is 5. The van der Waals surface area contributed by atoms with Crippen molar-refractivity contribution in [2.24, 2.45) is 0 Å². The van der Waals surface area contributed by atoms with E-state index in [1.807, 2.05) is 73.0 Å². The van der Waals surface area contributed by atoms with Gasteiger partial charge in [-0.25, -0.2) is 0 Å². The molecule has 0 radical (unpaired) electrons. The average molecular weight is 367 g/mol. The highest BCUT2D eigenvalue weighted by Crippen LogP contribution is 2.32. The summed E-state index contributed by atoms with van der Waals surface area (Å²) in [4.78, 5) is 12.6. The van der Waals surface area contributed by atoms with E-state index >= 15 is 0 Å². The highest BCUT2D eigenvalue weighted by atomic mass is 32.2. The number of Topliss-reactive ketones (excluding diaryl/α,β-unsaturated/α-hetero) is 1. The van der Waals surface area contributed by atoms with Crippen molar-refractivity contribution >= 4 is 17.5 Å². The predicted octanol–water partition coefficient (Wildman–Crippen LogP) is 4.34. The van der Waals surface area contributed by atoms with Crippen LogP contribution in [0, 0.1) is 0 Å². The summed E-state index contributed by atoms with van der Waals surface area (Å²) in [6, 6.07) is 17.1. The van der Waals surface area contributed by atoms with Gasteiger partial charge in [0.1, 0.15) is 5.75 Å². The van der Waals surface area contributed by atoms with Crippen LogP contribution in [0.15, 0.2) is 59.8 Å². The molecular weight excluding hydrogens is 346 g/mol. The molecule has 0 aliphatic heterocycles. The molecule has 0 aliphatic rings. The smallest absolute Gasteiger partial charge is 0.192 e. The van der Waals surface area contributed by atoms with Gasteiger partial charge in [0.2, 0.25) is 0 Å². The van der Waals surface area contributed by atoms with Gasteiger partial charge < -0.3 is 9.30 Å². The van der Waals surface area contributed by atoms with Gasteiger partial charge in [0.25, 0.3) is 0 Å². The summed E-state index contributed by atoms with van der Waals surface area (Å²) in [6.07, 6.45) is 0. The summed E-state index contributed by atoms with van der Waals surface area (Å²) in [6.45, 7) is 4.64. The fraction of sp³-hybridized carbons (Fsp3) is 0.250. The highest BCUT2D eigenvalue weighted by Gasteiger charge is 2.22. The van der Waals surface area contributed by atoms with Crippen molar-refractivity contribution in [1.82, 2.24) is 14.8 Å². The normalized spacial score (nSPS) is 12.0. The van der Waals surface area contributed by atoms with Crippen LogP contribution in [-0.2, 0) is 6.54 Å². The second kappa shape index (κ2) is 8.19. The van der Waals surface area contributed by atoms with Gasteiger partial charge in [-0.15, -0.1) is 10.2 Å². The third-order valence-electron chi connectivity index (χ3n) is 4.09. The van der Waals surface area contributed by atoms with E-state index in [0.29, 0.717) is 12.1 Å². The molecule has 0 aliphatic carbocycles. The van der Waals surface area contributed by atoms with E-state index in [-0.39, 0.29) is 11.0 Å². The minimum atomic E-state index is -0.252. The van der Waals surface area contributed by atoms with Crippen molar-refractivity contribution in [2.75, 3.05) is 7.11 Å². The molecule has 134 valence electrons. The largest absolute Gasteiger partial charge is 0.496 e. The summed E-state index contributed by atoms with van der Waals surface area (Å²) < 4.78 is 7.45. The zero-order valence-corrected chi connectivity index (χ0v) is 15.9. The van der Waals surface area contributed by atoms with E-state index in [4.69, 9.17) is 4.74 Å². The molecule has 3 rings (SSSR count). The predicted molar refractivity (Wildman–Crippen MR) is 104 cm³/mol. The summed E-state index contributed by atoms with van der Waals surface area (Å²) in [7, 11) is 1.64. The molecule has 6 heteroatoms. The summed E-state index contributed by atoms with van der Waals surface area (Å²) >= 11 is 1.43. The van der Waals surface area contributed by atoms with Crippen molar-refractivity contribution in [3.8, 4) is 17.1 Å². The molecule has 26 heavy (non-hydrogen) atoms. The van der Waals surface area contributed by atoms with Gasteiger partial charge in [0.05, 0.1) is 17.9 Å². The van der Waals surface area contributed by atoms with Crippen LogP contribution in [0.25, 0.3) is 11.4 Å². The van der Waals surface area contributed by atoms with Crippen molar-refractivity contribution < 1.29 is 9.53 Å². The van der Waals surface area contributed by atoms with Gasteiger partial charge in [-0.05, 0) is 26.0 Å².